The average Bonchev–Trinajstić information content (AvgIpc) is 3.22. The maximum absolute atomic E-state index is 13.2. The molecule has 0 aromatic carbocycles. The number of nitrogen functional groups attached to an aromatic ring is 1. The first-order chi connectivity index (χ1) is 18.3. The molecule has 0 unspecified atom stereocenters. The minimum Gasteiger partial charge on any atom is -0.444 e. The minimum absolute atomic E-state index is 0.0576. The second kappa shape index (κ2) is 10.9. The zero-order chi connectivity index (χ0) is 28.5. The Kier molecular flexibility index (Phi) is 7.90. The van der Waals surface area contributed by atoms with Crippen LogP contribution in [0.5, 0.6) is 0 Å². The van der Waals surface area contributed by atoms with Gasteiger partial charge >= 0.3 is 12.1 Å². The molecule has 1 amide bonds. The Labute approximate surface area is 235 Å². The molecule has 2 aliphatic rings. The first-order valence-corrected chi connectivity index (χ1v) is 13.7. The van der Waals surface area contributed by atoms with E-state index in [0.29, 0.717) is 54.5 Å². The van der Waals surface area contributed by atoms with Gasteiger partial charge in [-0.2, -0.15) is 5.26 Å². The largest absolute Gasteiger partial charge is 0.444 e. The number of thiophene rings is 1. The van der Waals surface area contributed by atoms with Gasteiger partial charge in [0.1, 0.15) is 28.2 Å². The number of amidine groups is 1. The van der Waals surface area contributed by atoms with Crippen LogP contribution in [0, 0.1) is 11.3 Å². The number of aryl methyl sites for hydroxylation is 1. The maximum atomic E-state index is 13.2. The molecule has 1 fully saturated rings. The van der Waals surface area contributed by atoms with Crippen LogP contribution >= 0.6 is 22.9 Å². The van der Waals surface area contributed by atoms with Crippen LogP contribution in [-0.2, 0) is 26.2 Å². The third kappa shape index (κ3) is 6.02. The molecule has 0 radical (unpaired) electrons. The highest BCUT2D eigenvalue weighted by molar-refractivity contribution is 7.16. The van der Waals surface area contributed by atoms with Gasteiger partial charge in [-0.05, 0) is 58.6 Å². The van der Waals surface area contributed by atoms with Gasteiger partial charge in [0.05, 0.1) is 11.0 Å². The Bertz CT molecular complexity index is 1360. The van der Waals surface area contributed by atoms with Crippen LogP contribution in [0.2, 0.25) is 5.28 Å². The van der Waals surface area contributed by atoms with Gasteiger partial charge in [-0.3, -0.25) is 0 Å². The smallest absolute Gasteiger partial charge is 0.410 e. The van der Waals surface area contributed by atoms with E-state index in [4.69, 9.17) is 32.6 Å². The van der Waals surface area contributed by atoms with Crippen LogP contribution < -0.4 is 16.4 Å². The van der Waals surface area contributed by atoms with E-state index in [1.54, 1.807) is 17.9 Å². The van der Waals surface area contributed by atoms with Gasteiger partial charge in [-0.1, -0.05) is 5.16 Å². The van der Waals surface area contributed by atoms with Crippen molar-refractivity contribution in [1.29, 1.82) is 5.26 Å². The summed E-state index contributed by atoms with van der Waals surface area (Å²) in [5, 5.41) is 13.8. The van der Waals surface area contributed by atoms with E-state index in [1.807, 2.05) is 25.7 Å². The number of nitrogens with zero attached hydrogens (tertiary/aromatic N) is 6. The summed E-state index contributed by atoms with van der Waals surface area (Å²) in [6, 6.07) is 3.71. The number of hydrogen-bond donors (Lipinski definition) is 2. The fourth-order valence-electron chi connectivity index (χ4n) is 4.68. The van der Waals surface area contributed by atoms with E-state index in [2.05, 4.69) is 21.2 Å². The average molecular weight is 575 g/mol. The third-order valence-corrected chi connectivity index (χ3v) is 7.88. The van der Waals surface area contributed by atoms with Gasteiger partial charge in [0.25, 0.3) is 0 Å². The van der Waals surface area contributed by atoms with Crippen molar-refractivity contribution in [3.63, 3.8) is 0 Å². The second-order valence-corrected chi connectivity index (χ2v) is 12.1. The molecule has 1 aliphatic heterocycles. The summed E-state index contributed by atoms with van der Waals surface area (Å²) in [5.74, 6) is -0.305. The number of anilines is 2. The molecule has 14 heteroatoms. The van der Waals surface area contributed by atoms with E-state index in [1.165, 1.54) is 11.3 Å². The molecule has 4 rings (SSSR count). The van der Waals surface area contributed by atoms with Crippen molar-refractivity contribution >= 4 is 51.7 Å². The van der Waals surface area contributed by atoms with Crippen LogP contribution in [0.4, 0.5) is 15.6 Å². The fourth-order valence-corrected chi connectivity index (χ4v) is 6.05. The van der Waals surface area contributed by atoms with E-state index >= 15 is 0 Å². The number of amides is 1. The van der Waals surface area contributed by atoms with E-state index in [0.717, 1.165) is 17.7 Å². The molecular weight excluding hydrogens is 544 g/mol. The highest BCUT2D eigenvalue weighted by Crippen LogP contribution is 2.46. The SMILES string of the molecule is CC(C)(C)OC(=O)N1CCN(c2cc(/C(N)=N/OC(=O)[C@@]3(C)CCCc4sc(N)c(C#N)c43)nc(Cl)n2)CC1. The summed E-state index contributed by atoms with van der Waals surface area (Å²) in [7, 11) is 0. The number of oxime groups is 1. The van der Waals surface area contributed by atoms with Crippen molar-refractivity contribution in [3.8, 4) is 6.07 Å². The zero-order valence-corrected chi connectivity index (χ0v) is 23.9. The number of nitriles is 1. The van der Waals surface area contributed by atoms with E-state index < -0.39 is 17.0 Å². The summed E-state index contributed by atoms with van der Waals surface area (Å²) < 4.78 is 5.44. The number of nitrogens with two attached hydrogens (primary N) is 2. The predicted molar refractivity (Wildman–Crippen MR) is 148 cm³/mol. The van der Waals surface area contributed by atoms with Gasteiger partial charge in [0, 0.05) is 42.7 Å². The summed E-state index contributed by atoms with van der Waals surface area (Å²) >= 11 is 7.50. The monoisotopic (exact) mass is 574 g/mol. The third-order valence-electron chi connectivity index (χ3n) is 6.63. The Morgan fingerprint density at radius 3 is 2.59 bits per heavy atom. The van der Waals surface area contributed by atoms with Crippen molar-refractivity contribution in [2.45, 2.75) is 58.0 Å². The normalized spacial score (nSPS) is 19.7. The van der Waals surface area contributed by atoms with E-state index in [9.17, 15) is 14.9 Å². The van der Waals surface area contributed by atoms with Crippen molar-refractivity contribution < 1.29 is 19.2 Å². The van der Waals surface area contributed by atoms with Crippen molar-refractivity contribution in [2.75, 3.05) is 36.8 Å². The molecule has 0 spiro atoms. The Morgan fingerprint density at radius 2 is 1.95 bits per heavy atom. The molecule has 39 heavy (non-hydrogen) atoms. The lowest BCUT2D eigenvalue weighted by atomic mass is 9.72. The van der Waals surface area contributed by atoms with Crippen LogP contribution in [0.25, 0.3) is 0 Å². The molecule has 2 aromatic rings. The summed E-state index contributed by atoms with van der Waals surface area (Å²) in [5.41, 5.74) is 11.6. The number of carbonyl (C=O) groups is 2. The van der Waals surface area contributed by atoms with Gasteiger partial charge in [0.15, 0.2) is 5.84 Å². The molecule has 2 aromatic heterocycles. The quantitative estimate of drug-likeness (QED) is 0.181. The number of aromatic nitrogens is 2. The van der Waals surface area contributed by atoms with E-state index in [-0.39, 0.29) is 22.9 Å². The van der Waals surface area contributed by atoms with Gasteiger partial charge in [-0.15, -0.1) is 11.3 Å². The number of rotatable bonds is 4. The summed E-state index contributed by atoms with van der Waals surface area (Å²) in [6.45, 7) is 9.04. The lowest BCUT2D eigenvalue weighted by Gasteiger charge is -2.36. The minimum atomic E-state index is -1.08. The van der Waals surface area contributed by atoms with Crippen molar-refractivity contribution in [1.82, 2.24) is 14.9 Å². The van der Waals surface area contributed by atoms with Crippen molar-refractivity contribution in [3.05, 3.63) is 33.0 Å². The highest BCUT2D eigenvalue weighted by Gasteiger charge is 2.44. The van der Waals surface area contributed by atoms with Crippen molar-refractivity contribution in [2.24, 2.45) is 10.9 Å². The molecule has 1 saturated heterocycles. The van der Waals surface area contributed by atoms with Crippen LogP contribution in [0.15, 0.2) is 11.2 Å². The van der Waals surface area contributed by atoms with Crippen LogP contribution in [0.1, 0.15) is 62.2 Å². The molecule has 4 N–H and O–H groups in total. The zero-order valence-electron chi connectivity index (χ0n) is 22.3. The Balaban J connectivity index is 1.47. The molecule has 1 aliphatic carbocycles. The molecule has 0 saturated carbocycles. The van der Waals surface area contributed by atoms with Crippen LogP contribution in [-0.4, -0.2) is 64.5 Å². The maximum Gasteiger partial charge on any atom is 0.410 e. The standard InChI is InChI=1S/C25H31ClN8O4S/c1-24(2,3)37-23(36)34-10-8-33(9-11-34)17-12-15(30-22(26)31-17)19(28)32-38-21(35)25(4)7-5-6-16-18(25)14(13-27)20(29)39-16/h12H,5-11,29H2,1-4H3,(H2,28,32)/t25-/m0/s1. The van der Waals surface area contributed by atoms with Gasteiger partial charge < -0.3 is 30.8 Å². The number of halogens is 1. The molecule has 1 atom stereocenters. The lowest BCUT2D eigenvalue weighted by Crippen LogP contribution is -2.50. The lowest BCUT2D eigenvalue weighted by molar-refractivity contribution is -0.150. The molecule has 3 heterocycles. The number of ether oxygens (including phenoxy) is 1. The first-order valence-electron chi connectivity index (χ1n) is 12.5. The first kappa shape index (κ1) is 28.4. The molecule has 0 bridgehead atoms. The number of carbonyl (C=O) groups excluding carboxylic acids is 2. The Hall–Kier alpha value is -3.63. The summed E-state index contributed by atoms with van der Waals surface area (Å²) in [4.78, 5) is 43.7. The molecule has 208 valence electrons. The number of piperazine rings is 1. The topological polar surface area (TPSA) is 173 Å². The predicted octanol–water partition coefficient (Wildman–Crippen LogP) is 3.16. The number of fused-ring (bicyclic) bond motifs is 1. The second-order valence-electron chi connectivity index (χ2n) is 10.6. The highest BCUT2D eigenvalue weighted by atomic mass is 35.5. The van der Waals surface area contributed by atoms with Gasteiger partial charge in [0.2, 0.25) is 5.28 Å². The fraction of sp³-hybridized carbons (Fsp3) is 0.520. The van der Waals surface area contributed by atoms with Gasteiger partial charge in [-0.25, -0.2) is 19.6 Å². The number of hydrogen-bond acceptors (Lipinski definition) is 11. The Morgan fingerprint density at radius 1 is 1.26 bits per heavy atom. The summed E-state index contributed by atoms with van der Waals surface area (Å²) in [6.07, 6.45) is 1.61. The van der Waals surface area contributed by atoms with Crippen LogP contribution in [0.3, 0.4) is 0 Å². The molecular formula is C25H31ClN8O4S. The molecule has 12 nitrogen and oxygen atoms in total.